The van der Waals surface area contributed by atoms with Crippen LogP contribution in [0.1, 0.15) is 83.8 Å². The Morgan fingerprint density at radius 2 is 1.80 bits per heavy atom. The molecule has 0 aromatic carbocycles. The standard InChI is InChI=1S/C17H30O3/c1-6-7-8-9-10-11-16(19-20-17(3,4)5)15-13-12-14(2)18-15/h12-13,16H,6-11H2,1-5H3. The van der Waals surface area contributed by atoms with Crippen molar-refractivity contribution in [2.75, 3.05) is 0 Å². The minimum absolute atomic E-state index is 0.107. The molecule has 20 heavy (non-hydrogen) atoms. The van der Waals surface area contributed by atoms with Gasteiger partial charge in [0.2, 0.25) is 0 Å². The fourth-order valence-electron chi connectivity index (χ4n) is 2.00. The first-order valence-electron chi connectivity index (χ1n) is 7.83. The van der Waals surface area contributed by atoms with Gasteiger partial charge in [0.15, 0.2) is 6.10 Å². The first kappa shape index (κ1) is 17.3. The molecule has 0 fully saturated rings. The fraction of sp³-hybridized carbons (Fsp3) is 0.765. The molecule has 0 amide bonds. The van der Waals surface area contributed by atoms with Crippen LogP contribution in [0.25, 0.3) is 0 Å². The largest absolute Gasteiger partial charge is 0.463 e. The molecule has 116 valence electrons. The van der Waals surface area contributed by atoms with E-state index in [1.165, 1.54) is 25.7 Å². The Hall–Kier alpha value is -0.800. The summed E-state index contributed by atoms with van der Waals surface area (Å²) in [4.78, 5) is 11.1. The Morgan fingerprint density at radius 1 is 1.10 bits per heavy atom. The van der Waals surface area contributed by atoms with E-state index in [4.69, 9.17) is 14.2 Å². The Labute approximate surface area is 123 Å². The maximum atomic E-state index is 5.68. The topological polar surface area (TPSA) is 31.6 Å². The van der Waals surface area contributed by atoms with Crippen molar-refractivity contribution in [3.05, 3.63) is 23.7 Å². The molecule has 0 N–H and O–H groups in total. The third-order valence-corrected chi connectivity index (χ3v) is 3.06. The Balaban J connectivity index is 2.47. The van der Waals surface area contributed by atoms with Crippen LogP contribution in [0, 0.1) is 6.92 Å². The second kappa shape index (κ2) is 8.48. The number of hydrogen-bond acceptors (Lipinski definition) is 3. The summed E-state index contributed by atoms with van der Waals surface area (Å²) in [7, 11) is 0. The van der Waals surface area contributed by atoms with Crippen molar-refractivity contribution in [1.82, 2.24) is 0 Å². The molecule has 0 aliphatic rings. The molecule has 0 bridgehead atoms. The molecule has 0 aliphatic carbocycles. The lowest BCUT2D eigenvalue weighted by Gasteiger charge is -2.22. The molecular formula is C17H30O3. The SMILES string of the molecule is CCCCCCCC(OOC(C)(C)C)c1ccc(C)o1. The van der Waals surface area contributed by atoms with Gasteiger partial charge in [-0.05, 0) is 46.2 Å². The fourth-order valence-corrected chi connectivity index (χ4v) is 2.00. The minimum Gasteiger partial charge on any atom is -0.463 e. The van der Waals surface area contributed by atoms with E-state index in [0.717, 1.165) is 24.4 Å². The lowest BCUT2D eigenvalue weighted by atomic mass is 10.1. The predicted molar refractivity (Wildman–Crippen MR) is 81.5 cm³/mol. The molecular weight excluding hydrogens is 252 g/mol. The van der Waals surface area contributed by atoms with E-state index >= 15 is 0 Å². The van der Waals surface area contributed by atoms with Crippen molar-refractivity contribution in [3.8, 4) is 0 Å². The van der Waals surface area contributed by atoms with Crippen molar-refractivity contribution in [2.24, 2.45) is 0 Å². The van der Waals surface area contributed by atoms with Gasteiger partial charge in [-0.1, -0.05) is 39.0 Å². The molecule has 1 heterocycles. The van der Waals surface area contributed by atoms with E-state index in [1.807, 2.05) is 39.8 Å². The summed E-state index contributed by atoms with van der Waals surface area (Å²) in [6.45, 7) is 10.1. The van der Waals surface area contributed by atoms with Gasteiger partial charge in [0.05, 0.1) is 5.60 Å². The van der Waals surface area contributed by atoms with Crippen LogP contribution >= 0.6 is 0 Å². The summed E-state index contributed by atoms with van der Waals surface area (Å²) >= 11 is 0. The van der Waals surface area contributed by atoms with Gasteiger partial charge < -0.3 is 4.42 Å². The van der Waals surface area contributed by atoms with Gasteiger partial charge in [-0.15, -0.1) is 0 Å². The summed E-state index contributed by atoms with van der Waals surface area (Å²) in [5.41, 5.74) is -0.303. The van der Waals surface area contributed by atoms with Crippen LogP contribution in [0.15, 0.2) is 16.5 Å². The number of unbranched alkanes of at least 4 members (excludes halogenated alkanes) is 4. The van der Waals surface area contributed by atoms with Gasteiger partial charge in [0.1, 0.15) is 11.5 Å². The summed E-state index contributed by atoms with van der Waals surface area (Å²) in [5.74, 6) is 1.78. The average Bonchev–Trinajstić information content (AvgIpc) is 2.78. The number of rotatable bonds is 9. The number of aryl methyl sites for hydroxylation is 1. The zero-order valence-corrected chi connectivity index (χ0v) is 13.7. The van der Waals surface area contributed by atoms with Gasteiger partial charge in [0.25, 0.3) is 0 Å². The van der Waals surface area contributed by atoms with Gasteiger partial charge in [-0.25, -0.2) is 9.78 Å². The predicted octanol–water partition coefficient (Wildman–Crippen LogP) is 5.74. The average molecular weight is 282 g/mol. The molecule has 1 aromatic rings. The molecule has 3 heteroatoms. The highest BCUT2D eigenvalue weighted by atomic mass is 17.2. The normalized spacial score (nSPS) is 13.7. The highest BCUT2D eigenvalue weighted by Gasteiger charge is 2.21. The van der Waals surface area contributed by atoms with Gasteiger partial charge in [-0.2, -0.15) is 0 Å². The molecule has 0 saturated heterocycles. The molecule has 0 spiro atoms. The quantitative estimate of drug-likeness (QED) is 0.329. The highest BCUT2D eigenvalue weighted by Crippen LogP contribution is 2.28. The van der Waals surface area contributed by atoms with Crippen molar-refractivity contribution < 1.29 is 14.2 Å². The van der Waals surface area contributed by atoms with Crippen molar-refractivity contribution >= 4 is 0 Å². The van der Waals surface area contributed by atoms with Crippen molar-refractivity contribution in [2.45, 2.75) is 84.8 Å². The maximum absolute atomic E-state index is 5.68. The molecule has 1 unspecified atom stereocenters. The zero-order valence-electron chi connectivity index (χ0n) is 13.7. The number of furan rings is 1. The van der Waals surface area contributed by atoms with E-state index in [0.29, 0.717) is 0 Å². The van der Waals surface area contributed by atoms with Crippen LogP contribution in [0.5, 0.6) is 0 Å². The van der Waals surface area contributed by atoms with Crippen LogP contribution < -0.4 is 0 Å². The van der Waals surface area contributed by atoms with E-state index < -0.39 is 0 Å². The smallest absolute Gasteiger partial charge is 0.150 e. The van der Waals surface area contributed by atoms with Crippen LogP contribution in [0.3, 0.4) is 0 Å². The third kappa shape index (κ3) is 7.11. The van der Waals surface area contributed by atoms with Crippen LogP contribution in [-0.2, 0) is 9.78 Å². The first-order valence-corrected chi connectivity index (χ1v) is 7.83. The summed E-state index contributed by atoms with van der Waals surface area (Å²) < 4.78 is 5.68. The monoisotopic (exact) mass is 282 g/mol. The maximum Gasteiger partial charge on any atom is 0.150 e. The highest BCUT2D eigenvalue weighted by molar-refractivity contribution is 5.08. The van der Waals surface area contributed by atoms with Gasteiger partial charge in [0, 0.05) is 0 Å². The molecule has 3 nitrogen and oxygen atoms in total. The van der Waals surface area contributed by atoms with Gasteiger partial charge in [-0.3, -0.25) is 0 Å². The van der Waals surface area contributed by atoms with Crippen LogP contribution in [-0.4, -0.2) is 5.60 Å². The van der Waals surface area contributed by atoms with Crippen molar-refractivity contribution in [3.63, 3.8) is 0 Å². The molecule has 0 radical (unpaired) electrons. The Bertz CT molecular complexity index is 363. The van der Waals surface area contributed by atoms with Gasteiger partial charge >= 0.3 is 0 Å². The van der Waals surface area contributed by atoms with Crippen LogP contribution in [0.2, 0.25) is 0 Å². The second-order valence-corrected chi connectivity index (χ2v) is 6.43. The molecule has 0 saturated carbocycles. The second-order valence-electron chi connectivity index (χ2n) is 6.43. The lowest BCUT2D eigenvalue weighted by molar-refractivity contribution is -0.379. The van der Waals surface area contributed by atoms with Crippen molar-refractivity contribution in [1.29, 1.82) is 0 Å². The molecule has 1 rings (SSSR count). The molecule has 1 atom stereocenters. The number of hydrogen-bond donors (Lipinski definition) is 0. The molecule has 1 aromatic heterocycles. The lowest BCUT2D eigenvalue weighted by Crippen LogP contribution is -2.21. The minimum atomic E-state index is -0.303. The summed E-state index contributed by atoms with van der Waals surface area (Å²) in [6.07, 6.45) is 7.08. The van der Waals surface area contributed by atoms with E-state index in [-0.39, 0.29) is 11.7 Å². The van der Waals surface area contributed by atoms with E-state index in [1.54, 1.807) is 0 Å². The van der Waals surface area contributed by atoms with E-state index in [9.17, 15) is 0 Å². The molecule has 0 aliphatic heterocycles. The zero-order chi connectivity index (χ0) is 15.0. The van der Waals surface area contributed by atoms with E-state index in [2.05, 4.69) is 6.92 Å². The summed E-state index contributed by atoms with van der Waals surface area (Å²) in [6, 6.07) is 3.96. The Kier molecular flexibility index (Phi) is 7.31. The first-order chi connectivity index (χ1) is 9.42. The van der Waals surface area contributed by atoms with Crippen LogP contribution in [0.4, 0.5) is 0 Å². The summed E-state index contributed by atoms with van der Waals surface area (Å²) in [5, 5.41) is 0. The Morgan fingerprint density at radius 3 is 2.35 bits per heavy atom. The third-order valence-electron chi connectivity index (χ3n) is 3.06.